The van der Waals surface area contributed by atoms with Crippen LogP contribution in [0.2, 0.25) is 0 Å². The van der Waals surface area contributed by atoms with Crippen LogP contribution in [0.1, 0.15) is 18.4 Å². The Balaban J connectivity index is 1.85. The fourth-order valence-corrected chi connectivity index (χ4v) is 3.25. The number of rotatable bonds is 4. The van der Waals surface area contributed by atoms with Crippen molar-refractivity contribution in [1.82, 2.24) is 9.80 Å². The molecule has 0 amide bonds. The first-order valence-electron chi connectivity index (χ1n) is 6.95. The van der Waals surface area contributed by atoms with Gasteiger partial charge in [-0.15, -0.1) is 0 Å². The van der Waals surface area contributed by atoms with Gasteiger partial charge in [-0.25, -0.2) is 0 Å². The highest BCUT2D eigenvalue weighted by atomic mass is 79.9. The lowest BCUT2D eigenvalue weighted by atomic mass is 9.96. The van der Waals surface area contributed by atoms with E-state index in [1.807, 2.05) is 12.1 Å². The third-order valence-corrected chi connectivity index (χ3v) is 4.66. The van der Waals surface area contributed by atoms with Gasteiger partial charge in [0.15, 0.2) is 0 Å². The number of hydrogen-bond acceptors (Lipinski definition) is 3. The van der Waals surface area contributed by atoms with Crippen LogP contribution in [0.4, 0.5) is 5.69 Å². The molecule has 1 saturated heterocycles. The molecule has 1 aliphatic heterocycles. The highest BCUT2D eigenvalue weighted by Crippen LogP contribution is 2.22. The number of nitrogen functional groups attached to an aromatic ring is 1. The Labute approximate surface area is 124 Å². The molecule has 106 valence electrons. The summed E-state index contributed by atoms with van der Waals surface area (Å²) < 4.78 is 1.11. The molecular weight excluding hydrogens is 302 g/mol. The summed E-state index contributed by atoms with van der Waals surface area (Å²) in [4.78, 5) is 4.85. The van der Waals surface area contributed by atoms with E-state index in [9.17, 15) is 0 Å². The van der Waals surface area contributed by atoms with Crippen molar-refractivity contribution in [2.75, 3.05) is 39.5 Å². The van der Waals surface area contributed by atoms with E-state index in [0.717, 1.165) is 22.6 Å². The molecule has 2 rings (SSSR count). The Bertz CT molecular complexity index is 414. The molecule has 1 fully saturated rings. The lowest BCUT2D eigenvalue weighted by molar-refractivity contribution is 0.173. The summed E-state index contributed by atoms with van der Waals surface area (Å²) in [5.41, 5.74) is 7.90. The van der Waals surface area contributed by atoms with Crippen LogP contribution in [0.15, 0.2) is 22.7 Å². The summed E-state index contributed by atoms with van der Waals surface area (Å²) in [7, 11) is 4.42. The number of anilines is 1. The molecule has 0 saturated carbocycles. The van der Waals surface area contributed by atoms with Crippen LogP contribution in [0.5, 0.6) is 0 Å². The lowest BCUT2D eigenvalue weighted by Gasteiger charge is -2.31. The highest BCUT2D eigenvalue weighted by molar-refractivity contribution is 9.10. The van der Waals surface area contributed by atoms with E-state index in [-0.39, 0.29) is 0 Å². The molecule has 0 aromatic heterocycles. The molecule has 3 nitrogen and oxygen atoms in total. The van der Waals surface area contributed by atoms with Crippen molar-refractivity contribution in [3.8, 4) is 0 Å². The smallest absolute Gasteiger partial charge is 0.0325 e. The van der Waals surface area contributed by atoms with Gasteiger partial charge in [-0.05, 0) is 63.6 Å². The van der Waals surface area contributed by atoms with Gasteiger partial charge in [0.2, 0.25) is 0 Å². The van der Waals surface area contributed by atoms with E-state index in [1.165, 1.54) is 38.0 Å². The Morgan fingerprint density at radius 3 is 2.68 bits per heavy atom. The second-order valence-corrected chi connectivity index (χ2v) is 6.65. The fourth-order valence-electron chi connectivity index (χ4n) is 2.73. The Morgan fingerprint density at radius 1 is 1.37 bits per heavy atom. The summed E-state index contributed by atoms with van der Waals surface area (Å²) in [5, 5.41) is 0. The molecule has 1 heterocycles. The van der Waals surface area contributed by atoms with E-state index in [1.54, 1.807) is 0 Å². The van der Waals surface area contributed by atoms with E-state index in [0.29, 0.717) is 0 Å². The molecule has 2 N–H and O–H groups in total. The first kappa shape index (κ1) is 14.8. The van der Waals surface area contributed by atoms with Crippen molar-refractivity contribution in [1.29, 1.82) is 0 Å². The Morgan fingerprint density at radius 2 is 2.05 bits per heavy atom. The van der Waals surface area contributed by atoms with Gasteiger partial charge in [0, 0.05) is 23.2 Å². The molecule has 0 unspecified atom stereocenters. The molecule has 1 aromatic rings. The second kappa shape index (κ2) is 6.73. The summed E-state index contributed by atoms with van der Waals surface area (Å²) >= 11 is 3.60. The van der Waals surface area contributed by atoms with Gasteiger partial charge >= 0.3 is 0 Å². The van der Waals surface area contributed by atoms with E-state index >= 15 is 0 Å². The molecule has 0 atom stereocenters. The van der Waals surface area contributed by atoms with Crippen LogP contribution in [0.3, 0.4) is 0 Å². The van der Waals surface area contributed by atoms with Gasteiger partial charge in [-0.2, -0.15) is 0 Å². The normalized spacial score (nSPS) is 18.1. The number of benzene rings is 1. The first-order chi connectivity index (χ1) is 9.04. The molecule has 1 aliphatic rings. The molecular formula is C15H24BrN3. The van der Waals surface area contributed by atoms with Crippen LogP contribution in [-0.4, -0.2) is 43.5 Å². The average molecular weight is 326 g/mol. The second-order valence-electron chi connectivity index (χ2n) is 5.79. The van der Waals surface area contributed by atoms with Crippen molar-refractivity contribution < 1.29 is 0 Å². The molecule has 0 bridgehead atoms. The van der Waals surface area contributed by atoms with Crippen molar-refractivity contribution in [2.45, 2.75) is 19.4 Å². The molecule has 0 aliphatic carbocycles. The highest BCUT2D eigenvalue weighted by Gasteiger charge is 2.18. The number of piperidine rings is 1. The topological polar surface area (TPSA) is 32.5 Å². The van der Waals surface area contributed by atoms with E-state index in [2.05, 4.69) is 45.9 Å². The summed E-state index contributed by atoms with van der Waals surface area (Å²) in [6.45, 7) is 4.64. The van der Waals surface area contributed by atoms with Crippen LogP contribution in [0.25, 0.3) is 0 Å². The van der Waals surface area contributed by atoms with E-state index in [4.69, 9.17) is 5.73 Å². The van der Waals surface area contributed by atoms with Crippen LogP contribution in [0, 0.1) is 5.92 Å². The standard InChI is InChI=1S/C15H24BrN3/c1-18-7-5-12(6-8-18)10-19(2)11-13-3-4-14(17)9-15(13)16/h3-4,9,12H,5-8,10-11,17H2,1-2H3. The van der Waals surface area contributed by atoms with Gasteiger partial charge < -0.3 is 15.5 Å². The maximum Gasteiger partial charge on any atom is 0.0325 e. The number of likely N-dealkylation sites (tertiary alicyclic amines) is 1. The predicted molar refractivity (Wildman–Crippen MR) is 85.1 cm³/mol. The first-order valence-corrected chi connectivity index (χ1v) is 7.75. The van der Waals surface area contributed by atoms with Crippen molar-refractivity contribution in [2.24, 2.45) is 5.92 Å². The predicted octanol–water partition coefficient (Wildman–Crippen LogP) is 2.80. The largest absolute Gasteiger partial charge is 0.399 e. The van der Waals surface area contributed by atoms with Gasteiger partial charge in [0.25, 0.3) is 0 Å². The minimum Gasteiger partial charge on any atom is -0.399 e. The molecule has 0 radical (unpaired) electrons. The van der Waals surface area contributed by atoms with Gasteiger partial charge in [0.1, 0.15) is 0 Å². The molecule has 4 heteroatoms. The zero-order chi connectivity index (χ0) is 13.8. The van der Waals surface area contributed by atoms with Crippen molar-refractivity contribution in [3.63, 3.8) is 0 Å². The number of nitrogens with zero attached hydrogens (tertiary/aromatic N) is 2. The average Bonchev–Trinajstić information content (AvgIpc) is 2.36. The monoisotopic (exact) mass is 325 g/mol. The third kappa shape index (κ3) is 4.48. The van der Waals surface area contributed by atoms with Gasteiger partial charge in [0.05, 0.1) is 0 Å². The minimum absolute atomic E-state index is 0.814. The summed E-state index contributed by atoms with van der Waals surface area (Å²) in [6, 6.07) is 6.08. The minimum atomic E-state index is 0.814. The number of hydrogen-bond donors (Lipinski definition) is 1. The quantitative estimate of drug-likeness (QED) is 0.864. The third-order valence-electron chi connectivity index (χ3n) is 3.93. The summed E-state index contributed by atoms with van der Waals surface area (Å²) in [5.74, 6) is 0.841. The maximum atomic E-state index is 5.77. The molecule has 0 spiro atoms. The summed E-state index contributed by atoms with van der Waals surface area (Å²) in [6.07, 6.45) is 2.65. The SMILES string of the molecule is CN1CCC(CN(C)Cc2ccc(N)cc2Br)CC1. The Hall–Kier alpha value is -0.580. The van der Waals surface area contributed by atoms with Crippen molar-refractivity contribution in [3.05, 3.63) is 28.2 Å². The van der Waals surface area contributed by atoms with Crippen LogP contribution >= 0.6 is 15.9 Å². The molecule has 19 heavy (non-hydrogen) atoms. The van der Waals surface area contributed by atoms with Gasteiger partial charge in [-0.1, -0.05) is 22.0 Å². The zero-order valence-electron chi connectivity index (χ0n) is 11.9. The number of halogens is 1. The van der Waals surface area contributed by atoms with Crippen LogP contribution in [-0.2, 0) is 6.54 Å². The lowest BCUT2D eigenvalue weighted by Crippen LogP contribution is -2.35. The number of nitrogens with two attached hydrogens (primary N) is 1. The van der Waals surface area contributed by atoms with Gasteiger partial charge in [-0.3, -0.25) is 0 Å². The van der Waals surface area contributed by atoms with Crippen LogP contribution < -0.4 is 5.73 Å². The van der Waals surface area contributed by atoms with E-state index < -0.39 is 0 Å². The fraction of sp³-hybridized carbons (Fsp3) is 0.600. The molecule has 1 aromatic carbocycles. The zero-order valence-corrected chi connectivity index (χ0v) is 13.5. The van der Waals surface area contributed by atoms with Crippen molar-refractivity contribution >= 4 is 21.6 Å². The maximum absolute atomic E-state index is 5.77. The Kier molecular flexibility index (Phi) is 5.25.